The third-order valence-corrected chi connectivity index (χ3v) is 4.38. The summed E-state index contributed by atoms with van der Waals surface area (Å²) in [6, 6.07) is 4.81. The van der Waals surface area contributed by atoms with Crippen LogP contribution in [0.1, 0.15) is 51.6 Å². The zero-order valence-electron chi connectivity index (χ0n) is 12.6. The largest absolute Gasteiger partial charge is 0.490 e. The van der Waals surface area contributed by atoms with Crippen molar-refractivity contribution in [3.05, 3.63) is 24.0 Å². The summed E-state index contributed by atoms with van der Waals surface area (Å²) < 4.78 is 6.19. The van der Waals surface area contributed by atoms with Gasteiger partial charge in [-0.15, -0.1) is 0 Å². The van der Waals surface area contributed by atoms with Gasteiger partial charge in [0.1, 0.15) is 5.75 Å². The molecule has 2 saturated carbocycles. The van der Waals surface area contributed by atoms with Crippen molar-refractivity contribution in [3.63, 3.8) is 0 Å². The first-order valence-corrected chi connectivity index (χ1v) is 8.04. The lowest BCUT2D eigenvalue weighted by Gasteiger charge is -2.31. The fourth-order valence-corrected chi connectivity index (χ4v) is 3.32. The Morgan fingerprint density at radius 2 is 1.95 bits per heavy atom. The van der Waals surface area contributed by atoms with Crippen molar-refractivity contribution < 1.29 is 4.74 Å². The van der Waals surface area contributed by atoms with Crippen LogP contribution < -0.4 is 10.1 Å². The molecule has 0 radical (unpaired) electrons. The van der Waals surface area contributed by atoms with Gasteiger partial charge >= 0.3 is 0 Å². The molecule has 1 heterocycles. The summed E-state index contributed by atoms with van der Waals surface area (Å²) in [5.74, 6) is 2.54. The third-order valence-electron chi connectivity index (χ3n) is 4.38. The van der Waals surface area contributed by atoms with E-state index in [2.05, 4.69) is 30.2 Å². The van der Waals surface area contributed by atoms with Crippen molar-refractivity contribution in [2.75, 3.05) is 0 Å². The average molecular weight is 274 g/mol. The molecule has 110 valence electrons. The van der Waals surface area contributed by atoms with Crippen LogP contribution in [-0.2, 0) is 6.54 Å². The number of nitrogens with one attached hydrogen (secondary N) is 1. The molecule has 2 aliphatic carbocycles. The Morgan fingerprint density at radius 1 is 1.20 bits per heavy atom. The molecule has 1 aromatic heterocycles. The van der Waals surface area contributed by atoms with Crippen LogP contribution in [0.5, 0.6) is 5.75 Å². The van der Waals surface area contributed by atoms with E-state index in [9.17, 15) is 0 Å². The van der Waals surface area contributed by atoms with E-state index >= 15 is 0 Å². The van der Waals surface area contributed by atoms with Gasteiger partial charge in [0.25, 0.3) is 0 Å². The van der Waals surface area contributed by atoms with Gasteiger partial charge in [-0.3, -0.25) is 4.98 Å². The van der Waals surface area contributed by atoms with Crippen molar-refractivity contribution in [2.45, 2.75) is 64.6 Å². The van der Waals surface area contributed by atoms with Gasteiger partial charge in [-0.25, -0.2) is 0 Å². The smallest absolute Gasteiger partial charge is 0.123 e. The number of pyridine rings is 1. The SMILES string of the molecule is CC1CC(C)CC(Oc2ccnc(CNC3CC3)c2)C1. The van der Waals surface area contributed by atoms with E-state index in [0.29, 0.717) is 6.10 Å². The van der Waals surface area contributed by atoms with Gasteiger partial charge in [0.05, 0.1) is 11.8 Å². The number of aromatic nitrogens is 1. The summed E-state index contributed by atoms with van der Waals surface area (Å²) in [7, 11) is 0. The van der Waals surface area contributed by atoms with Crippen LogP contribution >= 0.6 is 0 Å². The minimum atomic E-state index is 0.375. The van der Waals surface area contributed by atoms with Crippen LogP contribution in [0.25, 0.3) is 0 Å². The minimum absolute atomic E-state index is 0.375. The molecule has 2 atom stereocenters. The maximum Gasteiger partial charge on any atom is 0.123 e. The highest BCUT2D eigenvalue weighted by Gasteiger charge is 2.25. The molecule has 2 unspecified atom stereocenters. The molecule has 0 saturated heterocycles. The quantitative estimate of drug-likeness (QED) is 0.892. The maximum absolute atomic E-state index is 6.19. The summed E-state index contributed by atoms with van der Waals surface area (Å²) >= 11 is 0. The lowest BCUT2D eigenvalue weighted by atomic mass is 9.82. The highest BCUT2D eigenvalue weighted by atomic mass is 16.5. The van der Waals surface area contributed by atoms with E-state index in [-0.39, 0.29) is 0 Å². The standard InChI is InChI=1S/C17H26N2O/c1-12-7-13(2)9-17(8-12)20-16-5-6-18-15(10-16)11-19-14-3-4-14/h5-6,10,12-14,17,19H,3-4,7-9,11H2,1-2H3. The van der Waals surface area contributed by atoms with Gasteiger partial charge < -0.3 is 10.1 Å². The van der Waals surface area contributed by atoms with Crippen LogP contribution in [0.4, 0.5) is 0 Å². The van der Waals surface area contributed by atoms with E-state index in [1.165, 1.54) is 32.1 Å². The molecule has 0 aromatic carbocycles. The number of nitrogens with zero attached hydrogens (tertiary/aromatic N) is 1. The van der Waals surface area contributed by atoms with Crippen molar-refractivity contribution >= 4 is 0 Å². The predicted octanol–water partition coefficient (Wildman–Crippen LogP) is 3.54. The Bertz CT molecular complexity index is 434. The molecule has 0 amide bonds. The molecule has 0 aliphatic heterocycles. The molecule has 2 aliphatic rings. The van der Waals surface area contributed by atoms with Crippen molar-refractivity contribution in [2.24, 2.45) is 11.8 Å². The third kappa shape index (κ3) is 3.95. The molecular formula is C17H26N2O. The van der Waals surface area contributed by atoms with Crippen LogP contribution in [-0.4, -0.2) is 17.1 Å². The Labute approximate surface area is 122 Å². The fourth-order valence-electron chi connectivity index (χ4n) is 3.32. The lowest BCUT2D eigenvalue weighted by molar-refractivity contribution is 0.101. The summed E-state index contributed by atoms with van der Waals surface area (Å²) in [5, 5.41) is 3.50. The van der Waals surface area contributed by atoms with Crippen LogP contribution in [0.2, 0.25) is 0 Å². The maximum atomic E-state index is 6.19. The lowest BCUT2D eigenvalue weighted by Crippen LogP contribution is -2.28. The van der Waals surface area contributed by atoms with Crippen LogP contribution in [0, 0.1) is 11.8 Å². The number of hydrogen-bond donors (Lipinski definition) is 1. The highest BCUT2D eigenvalue weighted by molar-refractivity contribution is 5.23. The monoisotopic (exact) mass is 274 g/mol. The second-order valence-corrected chi connectivity index (χ2v) is 6.80. The molecule has 1 N–H and O–H groups in total. The summed E-state index contributed by atoms with van der Waals surface area (Å²) in [4.78, 5) is 4.42. The summed E-state index contributed by atoms with van der Waals surface area (Å²) in [6.07, 6.45) is 8.58. The number of rotatable bonds is 5. The molecule has 0 spiro atoms. The van der Waals surface area contributed by atoms with E-state index in [4.69, 9.17) is 4.74 Å². The number of ether oxygens (including phenoxy) is 1. The van der Waals surface area contributed by atoms with Crippen molar-refractivity contribution in [3.8, 4) is 5.75 Å². The zero-order valence-corrected chi connectivity index (χ0v) is 12.6. The summed E-state index contributed by atoms with van der Waals surface area (Å²) in [5.41, 5.74) is 1.09. The van der Waals surface area contributed by atoms with Gasteiger partial charge in [0.15, 0.2) is 0 Å². The molecule has 1 aromatic rings. The Balaban J connectivity index is 1.57. The van der Waals surface area contributed by atoms with Gasteiger partial charge in [0.2, 0.25) is 0 Å². The van der Waals surface area contributed by atoms with Gasteiger partial charge in [0, 0.05) is 24.8 Å². The minimum Gasteiger partial charge on any atom is -0.490 e. The molecule has 3 heteroatoms. The predicted molar refractivity (Wildman–Crippen MR) is 80.7 cm³/mol. The van der Waals surface area contributed by atoms with E-state index < -0.39 is 0 Å². The van der Waals surface area contributed by atoms with Gasteiger partial charge in [-0.2, -0.15) is 0 Å². The first-order chi connectivity index (χ1) is 9.69. The van der Waals surface area contributed by atoms with E-state index in [1.807, 2.05) is 12.3 Å². The molecule has 2 fully saturated rings. The molecule has 3 rings (SSSR count). The van der Waals surface area contributed by atoms with E-state index in [1.54, 1.807) is 0 Å². The van der Waals surface area contributed by atoms with Crippen molar-refractivity contribution in [1.82, 2.24) is 10.3 Å². The van der Waals surface area contributed by atoms with Gasteiger partial charge in [-0.05, 0) is 50.0 Å². The molecular weight excluding hydrogens is 248 g/mol. The Morgan fingerprint density at radius 3 is 2.65 bits per heavy atom. The summed E-state index contributed by atoms with van der Waals surface area (Å²) in [6.45, 7) is 5.53. The van der Waals surface area contributed by atoms with Crippen LogP contribution in [0.15, 0.2) is 18.3 Å². The second-order valence-electron chi connectivity index (χ2n) is 6.80. The van der Waals surface area contributed by atoms with Crippen molar-refractivity contribution in [1.29, 1.82) is 0 Å². The van der Waals surface area contributed by atoms with Crippen LogP contribution in [0.3, 0.4) is 0 Å². The fraction of sp³-hybridized carbons (Fsp3) is 0.706. The zero-order chi connectivity index (χ0) is 13.9. The highest BCUT2D eigenvalue weighted by Crippen LogP contribution is 2.31. The topological polar surface area (TPSA) is 34.1 Å². The second kappa shape index (κ2) is 6.13. The first-order valence-electron chi connectivity index (χ1n) is 8.04. The first kappa shape index (κ1) is 13.9. The normalized spacial score (nSPS) is 30.2. The molecule has 0 bridgehead atoms. The average Bonchev–Trinajstić information content (AvgIpc) is 3.19. The molecule has 3 nitrogen and oxygen atoms in total. The Hall–Kier alpha value is -1.09. The molecule has 20 heavy (non-hydrogen) atoms. The van der Waals surface area contributed by atoms with Gasteiger partial charge in [-0.1, -0.05) is 13.8 Å². The number of hydrogen-bond acceptors (Lipinski definition) is 3. The Kier molecular flexibility index (Phi) is 4.25. The van der Waals surface area contributed by atoms with E-state index in [0.717, 1.165) is 35.9 Å².